The molecule has 3 nitrogen and oxygen atoms in total. The maximum atomic E-state index is 6.27. The first-order valence-electron chi connectivity index (χ1n) is 5.79. The SMILES string of the molecule is CCC(CN)C(N)c1c[nH]c2ccccc12. The van der Waals surface area contributed by atoms with Gasteiger partial charge in [0.2, 0.25) is 0 Å². The lowest BCUT2D eigenvalue weighted by atomic mass is 9.91. The molecule has 0 amide bonds. The minimum absolute atomic E-state index is 0.0196. The van der Waals surface area contributed by atoms with Crippen molar-refractivity contribution in [3.63, 3.8) is 0 Å². The van der Waals surface area contributed by atoms with Crippen LogP contribution in [0.2, 0.25) is 0 Å². The van der Waals surface area contributed by atoms with Gasteiger partial charge in [-0.25, -0.2) is 0 Å². The number of para-hydroxylation sites is 1. The van der Waals surface area contributed by atoms with Crippen molar-refractivity contribution in [1.29, 1.82) is 0 Å². The van der Waals surface area contributed by atoms with Crippen molar-refractivity contribution in [2.24, 2.45) is 17.4 Å². The number of aromatic amines is 1. The Hall–Kier alpha value is -1.32. The van der Waals surface area contributed by atoms with E-state index in [0.717, 1.165) is 11.9 Å². The first-order valence-corrected chi connectivity index (χ1v) is 5.79. The number of hydrogen-bond donors (Lipinski definition) is 3. The predicted molar refractivity (Wildman–Crippen MR) is 68.1 cm³/mol. The van der Waals surface area contributed by atoms with Crippen LogP contribution in [-0.2, 0) is 0 Å². The number of H-pyrrole nitrogens is 1. The van der Waals surface area contributed by atoms with Crippen LogP contribution in [-0.4, -0.2) is 11.5 Å². The molecule has 2 rings (SSSR count). The zero-order valence-corrected chi connectivity index (χ0v) is 9.61. The molecule has 2 aromatic rings. The zero-order valence-electron chi connectivity index (χ0n) is 9.61. The van der Waals surface area contributed by atoms with E-state index in [-0.39, 0.29) is 6.04 Å². The molecule has 0 saturated heterocycles. The van der Waals surface area contributed by atoms with Gasteiger partial charge in [0, 0.05) is 23.1 Å². The van der Waals surface area contributed by atoms with Gasteiger partial charge in [0.15, 0.2) is 0 Å². The van der Waals surface area contributed by atoms with E-state index in [1.807, 2.05) is 18.3 Å². The predicted octanol–water partition coefficient (Wildman–Crippen LogP) is 2.15. The molecule has 1 heterocycles. The Morgan fingerprint density at radius 1 is 1.31 bits per heavy atom. The molecule has 0 spiro atoms. The summed E-state index contributed by atoms with van der Waals surface area (Å²) in [5.74, 6) is 0.346. The first kappa shape index (κ1) is 11.2. The van der Waals surface area contributed by atoms with Crippen molar-refractivity contribution in [1.82, 2.24) is 4.98 Å². The summed E-state index contributed by atoms with van der Waals surface area (Å²) in [7, 11) is 0. The lowest BCUT2D eigenvalue weighted by Gasteiger charge is -2.20. The van der Waals surface area contributed by atoms with Gasteiger partial charge in [-0.2, -0.15) is 0 Å². The number of rotatable bonds is 4. The van der Waals surface area contributed by atoms with E-state index in [4.69, 9.17) is 11.5 Å². The largest absolute Gasteiger partial charge is 0.361 e. The highest BCUT2D eigenvalue weighted by Crippen LogP contribution is 2.28. The molecule has 0 aliphatic rings. The minimum Gasteiger partial charge on any atom is -0.361 e. The molecule has 2 atom stereocenters. The molecule has 5 N–H and O–H groups in total. The van der Waals surface area contributed by atoms with E-state index >= 15 is 0 Å². The molecule has 1 aromatic heterocycles. The number of nitrogens with one attached hydrogen (secondary N) is 1. The number of fused-ring (bicyclic) bond motifs is 1. The highest BCUT2D eigenvalue weighted by Gasteiger charge is 2.19. The van der Waals surface area contributed by atoms with Crippen molar-refractivity contribution in [2.75, 3.05) is 6.54 Å². The number of aromatic nitrogens is 1. The van der Waals surface area contributed by atoms with Gasteiger partial charge in [0.25, 0.3) is 0 Å². The molecular weight excluding hydrogens is 198 g/mol. The average Bonchev–Trinajstić information content (AvgIpc) is 2.74. The van der Waals surface area contributed by atoms with Crippen LogP contribution >= 0.6 is 0 Å². The Morgan fingerprint density at radius 2 is 2.06 bits per heavy atom. The van der Waals surface area contributed by atoms with Crippen LogP contribution in [0, 0.1) is 5.92 Å². The number of hydrogen-bond acceptors (Lipinski definition) is 2. The molecule has 2 unspecified atom stereocenters. The molecule has 0 radical (unpaired) electrons. The van der Waals surface area contributed by atoms with Crippen LogP contribution in [0.1, 0.15) is 24.9 Å². The maximum absolute atomic E-state index is 6.27. The van der Waals surface area contributed by atoms with Gasteiger partial charge in [-0.3, -0.25) is 0 Å². The summed E-state index contributed by atoms with van der Waals surface area (Å²) in [5, 5.41) is 1.21. The molecule has 0 fully saturated rings. The summed E-state index contributed by atoms with van der Waals surface area (Å²) < 4.78 is 0. The quantitative estimate of drug-likeness (QED) is 0.734. The number of nitrogens with two attached hydrogens (primary N) is 2. The highest BCUT2D eigenvalue weighted by atomic mass is 14.7. The Morgan fingerprint density at radius 3 is 2.75 bits per heavy atom. The zero-order chi connectivity index (χ0) is 11.5. The Balaban J connectivity index is 2.39. The van der Waals surface area contributed by atoms with Crippen LogP contribution in [0.4, 0.5) is 0 Å². The summed E-state index contributed by atoms with van der Waals surface area (Å²) in [4.78, 5) is 3.25. The van der Waals surface area contributed by atoms with E-state index in [9.17, 15) is 0 Å². The third kappa shape index (κ3) is 1.84. The molecule has 16 heavy (non-hydrogen) atoms. The monoisotopic (exact) mass is 217 g/mol. The van der Waals surface area contributed by atoms with Crippen molar-refractivity contribution >= 4 is 10.9 Å². The van der Waals surface area contributed by atoms with Crippen LogP contribution in [0.25, 0.3) is 10.9 Å². The topological polar surface area (TPSA) is 67.8 Å². The molecule has 3 heteroatoms. The van der Waals surface area contributed by atoms with Gasteiger partial charge in [-0.1, -0.05) is 31.5 Å². The molecule has 1 aromatic carbocycles. The van der Waals surface area contributed by atoms with Gasteiger partial charge in [-0.15, -0.1) is 0 Å². The second-order valence-corrected chi connectivity index (χ2v) is 4.22. The van der Waals surface area contributed by atoms with Crippen LogP contribution in [0.3, 0.4) is 0 Å². The van der Waals surface area contributed by atoms with Crippen molar-refractivity contribution < 1.29 is 0 Å². The normalized spacial score (nSPS) is 15.2. The molecule has 0 aliphatic carbocycles. The fourth-order valence-electron chi connectivity index (χ4n) is 2.19. The average molecular weight is 217 g/mol. The lowest BCUT2D eigenvalue weighted by Crippen LogP contribution is -2.27. The van der Waals surface area contributed by atoms with Crippen molar-refractivity contribution in [3.05, 3.63) is 36.0 Å². The molecule has 86 valence electrons. The van der Waals surface area contributed by atoms with E-state index in [1.165, 1.54) is 10.9 Å². The van der Waals surface area contributed by atoms with Crippen molar-refractivity contribution in [3.8, 4) is 0 Å². The van der Waals surface area contributed by atoms with Crippen LogP contribution in [0.15, 0.2) is 30.5 Å². The number of benzene rings is 1. The smallest absolute Gasteiger partial charge is 0.0457 e. The highest BCUT2D eigenvalue weighted by molar-refractivity contribution is 5.83. The summed E-state index contributed by atoms with van der Waals surface area (Å²) in [6.07, 6.45) is 3.02. The van der Waals surface area contributed by atoms with Crippen LogP contribution < -0.4 is 11.5 Å². The lowest BCUT2D eigenvalue weighted by molar-refractivity contribution is 0.430. The minimum atomic E-state index is 0.0196. The third-order valence-corrected chi connectivity index (χ3v) is 3.32. The molecule has 0 bridgehead atoms. The second-order valence-electron chi connectivity index (χ2n) is 4.22. The fraction of sp³-hybridized carbons (Fsp3) is 0.385. The second kappa shape index (κ2) is 4.68. The fourth-order valence-corrected chi connectivity index (χ4v) is 2.19. The van der Waals surface area contributed by atoms with Crippen LogP contribution in [0.5, 0.6) is 0 Å². The first-order chi connectivity index (χ1) is 7.77. The van der Waals surface area contributed by atoms with Gasteiger partial charge >= 0.3 is 0 Å². The van der Waals surface area contributed by atoms with E-state index in [1.54, 1.807) is 0 Å². The Bertz CT molecular complexity index is 457. The van der Waals surface area contributed by atoms with E-state index < -0.39 is 0 Å². The third-order valence-electron chi connectivity index (χ3n) is 3.32. The van der Waals surface area contributed by atoms with Gasteiger partial charge < -0.3 is 16.5 Å². The molecule has 0 aliphatic heterocycles. The Kier molecular flexibility index (Phi) is 3.27. The summed E-state index contributed by atoms with van der Waals surface area (Å²) in [6, 6.07) is 8.25. The summed E-state index contributed by atoms with van der Waals surface area (Å²) in [6.45, 7) is 2.77. The molecular formula is C13H19N3. The van der Waals surface area contributed by atoms with E-state index in [0.29, 0.717) is 12.5 Å². The summed E-state index contributed by atoms with van der Waals surface area (Å²) >= 11 is 0. The van der Waals surface area contributed by atoms with Crippen molar-refractivity contribution in [2.45, 2.75) is 19.4 Å². The van der Waals surface area contributed by atoms with Gasteiger partial charge in [0.05, 0.1) is 0 Å². The maximum Gasteiger partial charge on any atom is 0.0457 e. The standard InChI is InChI=1S/C13H19N3/c1-2-9(7-14)13(15)11-8-16-12-6-4-3-5-10(11)12/h3-6,8-9,13,16H,2,7,14-15H2,1H3. The summed E-state index contributed by atoms with van der Waals surface area (Å²) in [5.41, 5.74) is 14.3. The Labute approximate surface area is 95.8 Å². The van der Waals surface area contributed by atoms with Gasteiger partial charge in [-0.05, 0) is 24.1 Å². The van der Waals surface area contributed by atoms with Gasteiger partial charge in [0.1, 0.15) is 0 Å². The van der Waals surface area contributed by atoms with E-state index in [2.05, 4.69) is 24.0 Å². The molecule has 0 saturated carbocycles.